The van der Waals surface area contributed by atoms with Crippen molar-refractivity contribution < 1.29 is 4.79 Å². The molecule has 1 amide bonds. The van der Waals surface area contributed by atoms with Crippen molar-refractivity contribution in [3.8, 4) is 0 Å². The van der Waals surface area contributed by atoms with E-state index in [0.29, 0.717) is 6.54 Å². The third-order valence-electron chi connectivity index (χ3n) is 4.10. The van der Waals surface area contributed by atoms with Crippen LogP contribution in [0.4, 0.5) is 0 Å². The van der Waals surface area contributed by atoms with Gasteiger partial charge >= 0.3 is 0 Å². The predicted molar refractivity (Wildman–Crippen MR) is 81.3 cm³/mol. The molecule has 21 heavy (non-hydrogen) atoms. The molecular weight excluding hydrogens is 264 g/mol. The molecule has 2 aromatic rings. The maximum Gasteiger partial charge on any atom is 0.225 e. The van der Waals surface area contributed by atoms with Gasteiger partial charge in [-0.1, -0.05) is 12.1 Å². The van der Waals surface area contributed by atoms with Crippen molar-refractivity contribution in [3.63, 3.8) is 0 Å². The van der Waals surface area contributed by atoms with Crippen molar-refractivity contribution in [2.45, 2.75) is 31.8 Å². The van der Waals surface area contributed by atoms with Crippen LogP contribution in [0, 0.1) is 5.92 Å². The molecule has 3 rings (SSSR count). The van der Waals surface area contributed by atoms with Crippen molar-refractivity contribution in [1.29, 1.82) is 0 Å². The van der Waals surface area contributed by atoms with Crippen molar-refractivity contribution in [3.05, 3.63) is 36.2 Å². The van der Waals surface area contributed by atoms with Crippen LogP contribution < -0.4 is 5.73 Å². The van der Waals surface area contributed by atoms with Gasteiger partial charge < -0.3 is 10.6 Å². The zero-order valence-corrected chi connectivity index (χ0v) is 12.2. The fourth-order valence-corrected chi connectivity index (χ4v) is 2.94. The first-order valence-electron chi connectivity index (χ1n) is 7.34. The third kappa shape index (κ3) is 3.03. The summed E-state index contributed by atoms with van der Waals surface area (Å²) in [6.45, 7) is 0.488. The molecular formula is C16H20N4O. The van der Waals surface area contributed by atoms with E-state index in [1.807, 2.05) is 31.3 Å². The number of nitrogens with zero attached hydrogens (tertiary/aromatic N) is 3. The van der Waals surface area contributed by atoms with Crippen molar-refractivity contribution in [2.75, 3.05) is 7.05 Å². The second-order valence-corrected chi connectivity index (χ2v) is 5.81. The molecule has 0 aliphatic heterocycles. The average Bonchev–Trinajstić information content (AvgIpc) is 2.93. The van der Waals surface area contributed by atoms with Crippen LogP contribution in [0.25, 0.3) is 11.0 Å². The molecule has 110 valence electrons. The van der Waals surface area contributed by atoms with Crippen LogP contribution >= 0.6 is 0 Å². The minimum atomic E-state index is 0.0680. The second kappa shape index (κ2) is 5.77. The number of hydrogen-bond donors (Lipinski definition) is 1. The summed E-state index contributed by atoms with van der Waals surface area (Å²) in [5.41, 5.74) is 8.43. The van der Waals surface area contributed by atoms with E-state index in [4.69, 9.17) is 5.73 Å². The summed E-state index contributed by atoms with van der Waals surface area (Å²) in [5, 5.41) is 0. The maximum absolute atomic E-state index is 12.4. The lowest BCUT2D eigenvalue weighted by Crippen LogP contribution is -2.32. The van der Waals surface area contributed by atoms with Crippen LogP contribution in [-0.2, 0) is 11.3 Å². The lowest BCUT2D eigenvalue weighted by Gasteiger charge is -2.20. The molecule has 0 saturated heterocycles. The first-order valence-corrected chi connectivity index (χ1v) is 7.34. The highest BCUT2D eigenvalue weighted by molar-refractivity contribution is 5.79. The molecule has 0 unspecified atom stereocenters. The quantitative estimate of drug-likeness (QED) is 0.931. The molecule has 5 heteroatoms. The highest BCUT2D eigenvalue weighted by atomic mass is 16.2. The van der Waals surface area contributed by atoms with Crippen molar-refractivity contribution >= 4 is 16.9 Å². The molecule has 2 atom stereocenters. The van der Waals surface area contributed by atoms with Gasteiger partial charge in [0.15, 0.2) is 0 Å². The van der Waals surface area contributed by atoms with E-state index in [1.165, 1.54) is 0 Å². The number of fused-ring (bicyclic) bond motifs is 1. The van der Waals surface area contributed by atoms with E-state index < -0.39 is 0 Å². The molecule has 2 N–H and O–H groups in total. The van der Waals surface area contributed by atoms with Crippen LogP contribution in [0.15, 0.2) is 30.5 Å². The zero-order valence-electron chi connectivity index (χ0n) is 12.2. The summed E-state index contributed by atoms with van der Waals surface area (Å²) >= 11 is 0. The number of carbonyl (C=O) groups is 1. The van der Waals surface area contributed by atoms with Gasteiger partial charge in [-0.3, -0.25) is 9.78 Å². The van der Waals surface area contributed by atoms with Gasteiger partial charge in [0.1, 0.15) is 0 Å². The number of hydrogen-bond acceptors (Lipinski definition) is 4. The summed E-state index contributed by atoms with van der Waals surface area (Å²) in [6, 6.07) is 7.92. The van der Waals surface area contributed by atoms with Crippen LogP contribution in [0.5, 0.6) is 0 Å². The first kappa shape index (κ1) is 13.9. The molecule has 1 aromatic carbocycles. The topological polar surface area (TPSA) is 72.1 Å². The molecule has 0 bridgehead atoms. The van der Waals surface area contributed by atoms with Crippen LogP contribution in [0.1, 0.15) is 25.0 Å². The Labute approximate surface area is 124 Å². The summed E-state index contributed by atoms with van der Waals surface area (Å²) in [6.07, 6.45) is 4.38. The summed E-state index contributed by atoms with van der Waals surface area (Å²) in [5.74, 6) is 0.233. The molecule has 1 aliphatic rings. The molecule has 1 heterocycles. The third-order valence-corrected chi connectivity index (χ3v) is 4.10. The minimum absolute atomic E-state index is 0.0680. The van der Waals surface area contributed by atoms with E-state index in [0.717, 1.165) is 36.0 Å². The van der Waals surface area contributed by atoms with Gasteiger partial charge in [0.25, 0.3) is 0 Å². The number of benzene rings is 1. The Balaban J connectivity index is 1.70. The standard InChI is InChI=1S/C16H20N4O/c1-20(16(21)11-6-7-12(17)8-11)10-13-9-18-14-4-2-3-5-15(14)19-13/h2-5,9,11-12H,6-8,10,17H2,1H3/t11-,12+/m0/s1. The molecule has 5 nitrogen and oxygen atoms in total. The Bertz CT molecular complexity index is 658. The number of amides is 1. The first-order chi connectivity index (χ1) is 10.1. The molecule has 1 aliphatic carbocycles. The van der Waals surface area contributed by atoms with E-state index in [9.17, 15) is 4.79 Å². The largest absolute Gasteiger partial charge is 0.340 e. The van der Waals surface area contributed by atoms with Crippen LogP contribution in [0.2, 0.25) is 0 Å². The number of carbonyl (C=O) groups excluding carboxylic acids is 1. The molecule has 1 fully saturated rings. The monoisotopic (exact) mass is 284 g/mol. The van der Waals surface area contributed by atoms with Crippen molar-refractivity contribution in [2.24, 2.45) is 11.7 Å². The second-order valence-electron chi connectivity index (χ2n) is 5.81. The average molecular weight is 284 g/mol. The Morgan fingerprint density at radius 1 is 1.33 bits per heavy atom. The SMILES string of the molecule is CN(Cc1cnc2ccccc2n1)C(=O)[C@H]1CC[C@@H](N)C1. The van der Waals surface area contributed by atoms with Gasteiger partial charge in [-0.2, -0.15) is 0 Å². The van der Waals surface area contributed by atoms with E-state index in [1.54, 1.807) is 11.1 Å². The molecule has 0 radical (unpaired) electrons. The van der Waals surface area contributed by atoms with Gasteiger partial charge in [0, 0.05) is 19.0 Å². The van der Waals surface area contributed by atoms with E-state index in [-0.39, 0.29) is 17.9 Å². The number of nitrogens with two attached hydrogens (primary N) is 1. The number of para-hydroxylation sites is 2. The van der Waals surface area contributed by atoms with Crippen molar-refractivity contribution in [1.82, 2.24) is 14.9 Å². The minimum Gasteiger partial charge on any atom is -0.340 e. The summed E-state index contributed by atoms with van der Waals surface area (Å²) < 4.78 is 0. The normalized spacial score (nSPS) is 21.6. The smallest absolute Gasteiger partial charge is 0.225 e. The Kier molecular flexibility index (Phi) is 3.84. The van der Waals surface area contributed by atoms with Gasteiger partial charge in [-0.25, -0.2) is 4.98 Å². The van der Waals surface area contributed by atoms with Gasteiger partial charge in [0.2, 0.25) is 5.91 Å². The molecule has 1 saturated carbocycles. The molecule has 1 aromatic heterocycles. The van der Waals surface area contributed by atoms with E-state index >= 15 is 0 Å². The zero-order chi connectivity index (χ0) is 14.8. The van der Waals surface area contributed by atoms with Gasteiger partial charge in [0.05, 0.1) is 29.5 Å². The summed E-state index contributed by atoms with van der Waals surface area (Å²) in [7, 11) is 1.82. The van der Waals surface area contributed by atoms with Crippen LogP contribution in [0.3, 0.4) is 0 Å². The fraction of sp³-hybridized carbons (Fsp3) is 0.438. The lowest BCUT2D eigenvalue weighted by molar-refractivity contribution is -0.134. The van der Waals surface area contributed by atoms with Crippen LogP contribution in [-0.4, -0.2) is 33.9 Å². The number of aromatic nitrogens is 2. The Morgan fingerprint density at radius 3 is 2.81 bits per heavy atom. The van der Waals surface area contributed by atoms with E-state index in [2.05, 4.69) is 9.97 Å². The highest BCUT2D eigenvalue weighted by Crippen LogP contribution is 2.26. The fourth-order valence-electron chi connectivity index (χ4n) is 2.94. The lowest BCUT2D eigenvalue weighted by atomic mass is 10.1. The maximum atomic E-state index is 12.4. The molecule has 0 spiro atoms. The Morgan fingerprint density at radius 2 is 2.10 bits per heavy atom. The Hall–Kier alpha value is -2.01. The number of rotatable bonds is 3. The van der Waals surface area contributed by atoms with Gasteiger partial charge in [-0.15, -0.1) is 0 Å². The predicted octanol–water partition coefficient (Wildman–Crippen LogP) is 1.72. The van der Waals surface area contributed by atoms with Gasteiger partial charge in [-0.05, 0) is 31.4 Å². The summed E-state index contributed by atoms with van der Waals surface area (Å²) in [4.78, 5) is 23.1. The highest BCUT2D eigenvalue weighted by Gasteiger charge is 2.29.